The summed E-state index contributed by atoms with van der Waals surface area (Å²) in [5.74, 6) is 1.16. The third kappa shape index (κ3) is 4.10. The van der Waals surface area contributed by atoms with Gasteiger partial charge in [-0.2, -0.15) is 0 Å². The number of benzene rings is 1. The Balaban J connectivity index is 2.81. The van der Waals surface area contributed by atoms with Gasteiger partial charge in [-0.05, 0) is 49.6 Å². The fraction of sp³-hybridized carbons (Fsp3) is 0.200. The van der Waals surface area contributed by atoms with Crippen molar-refractivity contribution in [3.05, 3.63) is 37.7 Å². The zero-order valence-corrected chi connectivity index (χ0v) is 13.2. The van der Waals surface area contributed by atoms with E-state index in [0.29, 0.717) is 12.5 Å². The molecule has 1 aromatic rings. The van der Waals surface area contributed by atoms with Crippen molar-refractivity contribution in [1.29, 1.82) is 0 Å². The molecule has 0 N–H and O–H groups in total. The van der Waals surface area contributed by atoms with Gasteiger partial charge in [0.15, 0.2) is 0 Å². The number of alkyl halides is 1. The molecule has 0 aliphatic heterocycles. The highest BCUT2D eigenvalue weighted by atomic mass is 79.9. The minimum atomic E-state index is 0.408. The van der Waals surface area contributed by atoms with E-state index in [2.05, 4.69) is 54.4 Å². The molecular weight excluding hydrogens is 411 g/mol. The van der Waals surface area contributed by atoms with Gasteiger partial charge in [0.1, 0.15) is 12.4 Å². The van der Waals surface area contributed by atoms with Crippen LogP contribution >= 0.6 is 59.4 Å². The summed E-state index contributed by atoms with van der Waals surface area (Å²) >= 11 is 15.8. The van der Waals surface area contributed by atoms with Crippen LogP contribution in [0.5, 0.6) is 5.75 Å². The molecule has 0 radical (unpaired) electrons. The molecule has 1 aromatic carbocycles. The van der Waals surface area contributed by atoms with Crippen molar-refractivity contribution in [3.8, 4) is 5.75 Å². The van der Waals surface area contributed by atoms with Crippen LogP contribution in [-0.4, -0.2) is 12.5 Å². The molecule has 1 nitrogen and oxygen atoms in total. The topological polar surface area (TPSA) is 9.23 Å². The summed E-state index contributed by atoms with van der Waals surface area (Å²) in [6.07, 6.45) is 0. The van der Waals surface area contributed by atoms with Crippen molar-refractivity contribution in [2.75, 3.05) is 12.5 Å². The Morgan fingerprint density at radius 3 is 2.27 bits per heavy atom. The molecule has 0 unspecified atom stereocenters. The van der Waals surface area contributed by atoms with Crippen LogP contribution < -0.4 is 4.74 Å². The summed E-state index contributed by atoms with van der Waals surface area (Å²) in [6, 6.07) is 3.84. The summed E-state index contributed by atoms with van der Waals surface area (Å²) in [6.45, 7) is 4.19. The highest BCUT2D eigenvalue weighted by Crippen LogP contribution is 2.36. The maximum Gasteiger partial charge on any atom is 0.148 e. The van der Waals surface area contributed by atoms with Crippen molar-refractivity contribution in [1.82, 2.24) is 0 Å². The third-order valence-corrected chi connectivity index (χ3v) is 3.59. The molecule has 0 aliphatic rings. The van der Waals surface area contributed by atoms with Crippen molar-refractivity contribution in [2.24, 2.45) is 0 Å². The van der Waals surface area contributed by atoms with Gasteiger partial charge in [0.2, 0.25) is 0 Å². The lowest BCUT2D eigenvalue weighted by Gasteiger charge is -2.11. The van der Waals surface area contributed by atoms with E-state index in [0.717, 1.165) is 24.7 Å². The fourth-order valence-electron chi connectivity index (χ4n) is 0.880. The molecule has 0 aromatic heterocycles. The predicted octanol–water partition coefficient (Wildman–Crippen LogP) is 5.15. The molecule has 82 valence electrons. The molecular formula is C10H8Br3ClO. The molecule has 0 heterocycles. The van der Waals surface area contributed by atoms with E-state index in [1.165, 1.54) is 0 Å². The highest BCUT2D eigenvalue weighted by molar-refractivity contribution is 9.11. The minimum absolute atomic E-state index is 0.408. The molecule has 0 amide bonds. The Morgan fingerprint density at radius 1 is 1.27 bits per heavy atom. The van der Waals surface area contributed by atoms with Crippen LogP contribution in [0.2, 0.25) is 0 Å². The molecule has 0 saturated carbocycles. The van der Waals surface area contributed by atoms with E-state index in [1.807, 2.05) is 12.1 Å². The third-order valence-electron chi connectivity index (χ3n) is 1.57. The lowest BCUT2D eigenvalue weighted by Crippen LogP contribution is -2.02. The van der Waals surface area contributed by atoms with Crippen LogP contribution in [0.4, 0.5) is 0 Å². The van der Waals surface area contributed by atoms with Gasteiger partial charge < -0.3 is 4.74 Å². The molecule has 0 aliphatic carbocycles. The quantitative estimate of drug-likeness (QED) is 0.485. The van der Waals surface area contributed by atoms with E-state index in [9.17, 15) is 0 Å². The number of hydrogen-bond donors (Lipinski definition) is 0. The molecule has 0 saturated heterocycles. The first-order valence-electron chi connectivity index (χ1n) is 4.04. The summed E-state index contributed by atoms with van der Waals surface area (Å²) < 4.78 is 8.31. The Hall–Kier alpha value is 0.490. The molecule has 5 heteroatoms. The van der Waals surface area contributed by atoms with Crippen LogP contribution in [0.1, 0.15) is 0 Å². The smallest absolute Gasteiger partial charge is 0.148 e. The average Bonchev–Trinajstić information content (AvgIpc) is 2.15. The predicted molar refractivity (Wildman–Crippen MR) is 74.9 cm³/mol. The Kier molecular flexibility index (Phi) is 5.68. The number of halogens is 4. The van der Waals surface area contributed by atoms with Gasteiger partial charge >= 0.3 is 0 Å². The van der Waals surface area contributed by atoms with Gasteiger partial charge in [-0.15, -0.1) is 11.6 Å². The van der Waals surface area contributed by atoms with Crippen molar-refractivity contribution >= 4 is 59.4 Å². The SMILES string of the molecule is C=C(CCl)COc1c(Br)cc(Br)cc1Br. The van der Waals surface area contributed by atoms with Crippen LogP contribution in [0.25, 0.3) is 0 Å². The molecule has 15 heavy (non-hydrogen) atoms. The van der Waals surface area contributed by atoms with Crippen LogP contribution in [-0.2, 0) is 0 Å². The molecule has 1 rings (SSSR count). The molecule has 0 fully saturated rings. The zero-order chi connectivity index (χ0) is 11.4. The Bertz CT molecular complexity index is 356. The second-order valence-corrected chi connectivity index (χ2v) is 5.76. The van der Waals surface area contributed by atoms with Crippen molar-refractivity contribution < 1.29 is 4.74 Å². The van der Waals surface area contributed by atoms with E-state index in [-0.39, 0.29) is 0 Å². The van der Waals surface area contributed by atoms with E-state index >= 15 is 0 Å². The van der Waals surface area contributed by atoms with Gasteiger partial charge in [-0.3, -0.25) is 0 Å². The van der Waals surface area contributed by atoms with Crippen LogP contribution in [0, 0.1) is 0 Å². The lowest BCUT2D eigenvalue weighted by atomic mass is 10.3. The van der Waals surface area contributed by atoms with Crippen molar-refractivity contribution in [3.63, 3.8) is 0 Å². The first-order valence-corrected chi connectivity index (χ1v) is 6.96. The summed E-state index contributed by atoms with van der Waals surface area (Å²) in [5, 5.41) is 0. The second kappa shape index (κ2) is 6.28. The minimum Gasteiger partial charge on any atom is -0.487 e. The Labute approximate surface area is 119 Å². The second-order valence-electron chi connectivity index (χ2n) is 2.87. The molecule has 0 bridgehead atoms. The monoisotopic (exact) mass is 416 g/mol. The summed E-state index contributed by atoms with van der Waals surface area (Å²) in [5.41, 5.74) is 0.846. The molecule has 0 spiro atoms. The highest BCUT2D eigenvalue weighted by Gasteiger charge is 2.08. The Morgan fingerprint density at radius 2 is 1.80 bits per heavy atom. The lowest BCUT2D eigenvalue weighted by molar-refractivity contribution is 0.348. The number of hydrogen-bond acceptors (Lipinski definition) is 1. The van der Waals surface area contributed by atoms with Gasteiger partial charge in [-0.1, -0.05) is 22.5 Å². The normalized spacial score (nSPS) is 10.1. The summed E-state index contributed by atoms with van der Waals surface area (Å²) in [4.78, 5) is 0. The maximum absolute atomic E-state index is 5.61. The number of rotatable bonds is 4. The maximum atomic E-state index is 5.61. The van der Waals surface area contributed by atoms with E-state index in [4.69, 9.17) is 16.3 Å². The van der Waals surface area contributed by atoms with Crippen molar-refractivity contribution in [2.45, 2.75) is 0 Å². The van der Waals surface area contributed by atoms with E-state index < -0.39 is 0 Å². The van der Waals surface area contributed by atoms with Gasteiger partial charge in [0, 0.05) is 10.4 Å². The average molecular weight is 419 g/mol. The van der Waals surface area contributed by atoms with Gasteiger partial charge in [0.25, 0.3) is 0 Å². The largest absolute Gasteiger partial charge is 0.487 e. The van der Waals surface area contributed by atoms with E-state index in [1.54, 1.807) is 0 Å². The summed E-state index contributed by atoms with van der Waals surface area (Å²) in [7, 11) is 0. The van der Waals surface area contributed by atoms with Gasteiger partial charge in [0.05, 0.1) is 8.95 Å². The van der Waals surface area contributed by atoms with Gasteiger partial charge in [-0.25, -0.2) is 0 Å². The van der Waals surface area contributed by atoms with Crippen LogP contribution in [0.15, 0.2) is 37.7 Å². The molecule has 0 atom stereocenters. The first kappa shape index (κ1) is 13.6. The fourth-order valence-corrected chi connectivity index (χ4v) is 3.44. The number of ether oxygens (including phenoxy) is 1. The standard InChI is InChI=1S/C10H8Br3ClO/c1-6(4-14)5-15-10-8(12)2-7(11)3-9(10)13/h2-3H,1,4-5H2. The van der Waals surface area contributed by atoms with Crippen LogP contribution in [0.3, 0.4) is 0 Å². The first-order chi connectivity index (χ1) is 7.04. The zero-order valence-electron chi connectivity index (χ0n) is 7.70.